The summed E-state index contributed by atoms with van der Waals surface area (Å²) in [7, 11) is 0. The quantitative estimate of drug-likeness (QED) is 0.572. The van der Waals surface area contributed by atoms with Gasteiger partial charge in [0.25, 0.3) is 0 Å². The predicted molar refractivity (Wildman–Crippen MR) is 98.3 cm³/mol. The van der Waals surface area contributed by atoms with Crippen LogP contribution in [-0.2, 0) is 19.2 Å². The molecule has 0 N–H and O–H groups in total. The van der Waals surface area contributed by atoms with E-state index in [0.717, 1.165) is 0 Å². The van der Waals surface area contributed by atoms with Crippen LogP contribution < -0.4 is 0 Å². The molecule has 0 radical (unpaired) electrons. The van der Waals surface area contributed by atoms with Crippen LogP contribution in [0.2, 0.25) is 0 Å². The third-order valence-corrected chi connectivity index (χ3v) is 2.37. The van der Waals surface area contributed by atoms with Gasteiger partial charge in [-0.2, -0.15) is 0 Å². The molecule has 0 fully saturated rings. The maximum absolute atomic E-state index is 10.1. The molecule has 0 saturated heterocycles. The molecule has 23 heavy (non-hydrogen) atoms. The van der Waals surface area contributed by atoms with Crippen molar-refractivity contribution < 1.29 is 19.2 Å². The van der Waals surface area contributed by atoms with Gasteiger partial charge in [0, 0.05) is 25.7 Å². The van der Waals surface area contributed by atoms with E-state index >= 15 is 0 Å². The largest absolute Gasteiger partial charge is 0.300 e. The van der Waals surface area contributed by atoms with Gasteiger partial charge < -0.3 is 0 Å². The topological polar surface area (TPSA) is 68.3 Å². The van der Waals surface area contributed by atoms with Crippen molar-refractivity contribution >= 4 is 23.1 Å². The highest BCUT2D eigenvalue weighted by Crippen LogP contribution is 1.90. The van der Waals surface area contributed by atoms with E-state index < -0.39 is 0 Å². The van der Waals surface area contributed by atoms with Crippen molar-refractivity contribution in [1.29, 1.82) is 0 Å². The molecule has 0 bridgehead atoms. The number of rotatable bonds is 3. The molecule has 4 heteroatoms. The summed E-state index contributed by atoms with van der Waals surface area (Å²) in [6.07, 6.45) is 0. The van der Waals surface area contributed by atoms with Crippen molar-refractivity contribution in [2.24, 2.45) is 11.8 Å². The number of Topliss-reactive ketones (excluding diaryl/α,β-unsaturated/α-hetero) is 4. The van der Waals surface area contributed by atoms with Crippen molar-refractivity contribution in [2.75, 3.05) is 0 Å². The maximum atomic E-state index is 10.1. The lowest BCUT2D eigenvalue weighted by Crippen LogP contribution is -2.01. The monoisotopic (exact) mass is 328 g/mol. The third-order valence-electron chi connectivity index (χ3n) is 2.37. The molecule has 0 unspecified atom stereocenters. The fourth-order valence-corrected chi connectivity index (χ4v) is 0. The van der Waals surface area contributed by atoms with Gasteiger partial charge in [0.1, 0.15) is 11.6 Å². The van der Waals surface area contributed by atoms with Gasteiger partial charge in [-0.15, -0.1) is 11.8 Å². The molecule has 0 saturated carbocycles. The fourth-order valence-electron chi connectivity index (χ4n) is 0. The lowest BCUT2D eigenvalue weighted by molar-refractivity contribution is -0.134. The Morgan fingerprint density at radius 1 is 0.609 bits per heavy atom. The minimum atomic E-state index is -0.380. The van der Waals surface area contributed by atoms with Gasteiger partial charge in [0.05, 0.1) is 0 Å². The lowest BCUT2D eigenvalue weighted by atomic mass is 10.1. The summed E-state index contributed by atoms with van der Waals surface area (Å²) in [5.41, 5.74) is 0. The van der Waals surface area contributed by atoms with Crippen LogP contribution in [0.25, 0.3) is 0 Å². The fraction of sp³-hybridized carbons (Fsp3) is 0.684. The first-order valence-electron chi connectivity index (χ1n) is 7.20. The highest BCUT2D eigenvalue weighted by atomic mass is 16.2. The number of ketones is 4. The van der Waals surface area contributed by atoms with Crippen molar-refractivity contribution in [3.63, 3.8) is 0 Å². The van der Waals surface area contributed by atoms with E-state index in [1.54, 1.807) is 13.8 Å². The van der Waals surface area contributed by atoms with Gasteiger partial charge in [-0.05, 0) is 27.7 Å². The smallest absolute Gasteiger partial charge is 0.195 e. The van der Waals surface area contributed by atoms with Crippen LogP contribution in [0.1, 0.15) is 76.7 Å². The first kappa shape index (κ1) is 33.0. The Morgan fingerprint density at radius 2 is 0.739 bits per heavy atom. The van der Waals surface area contributed by atoms with Crippen molar-refractivity contribution in [3.05, 3.63) is 0 Å². The van der Waals surface area contributed by atoms with E-state index in [2.05, 4.69) is 11.8 Å². The third kappa shape index (κ3) is 53.3. The molecule has 0 spiro atoms. The van der Waals surface area contributed by atoms with Crippen molar-refractivity contribution in [1.82, 2.24) is 0 Å². The Hall–Kier alpha value is -1.76. The number of carbonyl (C=O) groups excluding carboxylic acids is 4. The highest BCUT2D eigenvalue weighted by Gasteiger charge is 1.95. The van der Waals surface area contributed by atoms with Gasteiger partial charge in [-0.25, -0.2) is 0 Å². The molecule has 0 aromatic rings. The van der Waals surface area contributed by atoms with Crippen LogP contribution >= 0.6 is 0 Å². The normalized spacial score (nSPS) is 7.48. The second-order valence-corrected chi connectivity index (χ2v) is 5.14. The zero-order valence-corrected chi connectivity index (χ0v) is 15.8. The van der Waals surface area contributed by atoms with E-state index in [9.17, 15) is 19.2 Å². The molecular weight excluding hydrogens is 292 g/mol. The van der Waals surface area contributed by atoms with Gasteiger partial charge in [-0.1, -0.05) is 35.1 Å². The highest BCUT2D eigenvalue weighted by molar-refractivity contribution is 6.35. The van der Waals surface area contributed by atoms with Gasteiger partial charge >= 0.3 is 0 Å². The average molecular weight is 328 g/mol. The van der Waals surface area contributed by atoms with Crippen LogP contribution in [0.5, 0.6) is 0 Å². The van der Waals surface area contributed by atoms with Gasteiger partial charge in [0.2, 0.25) is 0 Å². The summed E-state index contributed by atoms with van der Waals surface area (Å²) in [5.74, 6) is 5.55. The summed E-state index contributed by atoms with van der Waals surface area (Å²) in [6, 6.07) is 0. The molecule has 0 atom stereocenters. The van der Waals surface area contributed by atoms with Crippen molar-refractivity contribution in [3.8, 4) is 11.8 Å². The minimum Gasteiger partial charge on any atom is -0.300 e. The summed E-state index contributed by atoms with van der Waals surface area (Å²) in [4.78, 5) is 39.9. The van der Waals surface area contributed by atoms with Crippen LogP contribution in [0, 0.1) is 23.7 Å². The Kier molecular flexibility index (Phi) is 32.3. The first-order chi connectivity index (χ1) is 9.84. The molecule has 0 heterocycles. The number of hydrogen-bond donors (Lipinski definition) is 0. The number of carbonyl (C=O) groups is 4. The minimum absolute atomic E-state index is 0. The predicted octanol–water partition coefficient (Wildman–Crippen LogP) is 4.29. The molecule has 0 aromatic carbocycles. The van der Waals surface area contributed by atoms with E-state index in [-0.39, 0.29) is 42.4 Å². The SMILES string of the molecule is C.CC#CC.CC(=O)C(C)=O.CC(=O)C(C)C.CC(=O)C(C)C. The molecule has 0 rings (SSSR count). The zero-order valence-electron chi connectivity index (χ0n) is 15.8. The van der Waals surface area contributed by atoms with E-state index in [1.807, 2.05) is 41.5 Å². The van der Waals surface area contributed by atoms with Crippen molar-refractivity contribution in [2.45, 2.75) is 76.7 Å². The molecule has 4 nitrogen and oxygen atoms in total. The molecule has 0 amide bonds. The first-order valence-corrected chi connectivity index (χ1v) is 7.20. The molecular formula is C19H36O4. The molecule has 0 aliphatic carbocycles. The average Bonchev–Trinajstić information content (AvgIpc) is 2.39. The summed E-state index contributed by atoms with van der Waals surface area (Å²) >= 11 is 0. The Balaban J connectivity index is -0.0000000624. The van der Waals surface area contributed by atoms with Gasteiger partial charge in [0.15, 0.2) is 11.6 Å². The maximum Gasteiger partial charge on any atom is 0.195 e. The summed E-state index contributed by atoms with van der Waals surface area (Å²) in [6.45, 7) is 16.9. The molecule has 136 valence electrons. The lowest BCUT2D eigenvalue weighted by Gasteiger charge is -1.90. The summed E-state index contributed by atoms with van der Waals surface area (Å²) in [5, 5.41) is 0. The van der Waals surface area contributed by atoms with E-state index in [0.29, 0.717) is 0 Å². The Labute approximate surface area is 143 Å². The second-order valence-electron chi connectivity index (χ2n) is 5.14. The van der Waals surface area contributed by atoms with Crippen LogP contribution in [0.3, 0.4) is 0 Å². The van der Waals surface area contributed by atoms with E-state index in [4.69, 9.17) is 0 Å². The molecule has 0 aliphatic heterocycles. The molecule has 0 aromatic heterocycles. The standard InChI is InChI=1S/2C5H10O.C4H6O2.C4H6.CH4/c2*1-4(2)5(3)6;1-3(5)4(2)6;1-3-4-2;/h2*4H,1-3H3;1-2H3;1-2H3;1H4. The van der Waals surface area contributed by atoms with Crippen LogP contribution in [0.4, 0.5) is 0 Å². The molecule has 0 aliphatic rings. The Bertz CT molecular complexity index is 357. The summed E-state index contributed by atoms with van der Waals surface area (Å²) < 4.78 is 0. The zero-order chi connectivity index (χ0) is 18.9. The second kappa shape index (κ2) is 22.5. The van der Waals surface area contributed by atoms with E-state index in [1.165, 1.54) is 13.8 Å². The number of hydrogen-bond acceptors (Lipinski definition) is 4. The van der Waals surface area contributed by atoms with Crippen LogP contribution in [0.15, 0.2) is 0 Å². The Morgan fingerprint density at radius 3 is 0.739 bits per heavy atom. The van der Waals surface area contributed by atoms with Gasteiger partial charge in [-0.3, -0.25) is 19.2 Å². The van der Waals surface area contributed by atoms with Crippen LogP contribution in [-0.4, -0.2) is 23.1 Å².